The third-order valence-electron chi connectivity index (χ3n) is 11.9. The molecule has 1 atom stereocenters. The SMILES string of the molecule is N[C@@H](CCCCNC(=O)c1ccc2c(c1)C(=O)OC21c2ccc(O)cc2Oc2cc(O)ccc21)C(=O)N1CCC(C(=O)NO)(S(=O)(=O)c2ccc(Oc3ccc(OC(F)(F)F)cc3)cc2)CC1. The summed E-state index contributed by atoms with van der Waals surface area (Å²) in [6.07, 6.45) is -4.58. The molecule has 3 aliphatic rings. The standard InChI is InChI=1S/C46H41F3N4O13S/c47-46(48,49)65-31-9-7-29(8-10-31)63-30-11-13-32(14-12-30)67(61,62)44(43(59)52-60)18-21-53(22-19-44)41(57)37(50)3-1-2-20-51-40(56)26-4-15-34-33(23-26)42(58)66-45(34)35-16-5-27(54)24-38(35)64-39-25-28(55)6-17-36(39)45/h4-17,23-25,37,54-55,60H,1-3,18-22,50H2,(H,51,56)(H,52,59)/t37-/m0/s1. The van der Waals surface area contributed by atoms with Crippen LogP contribution in [0.1, 0.15) is 69.5 Å². The first-order valence-corrected chi connectivity index (χ1v) is 22.2. The second-order valence-corrected chi connectivity index (χ2v) is 18.3. The fourth-order valence-corrected chi connectivity index (χ4v) is 10.5. The van der Waals surface area contributed by atoms with Gasteiger partial charge in [0.25, 0.3) is 11.8 Å². The molecule has 0 bridgehead atoms. The van der Waals surface area contributed by atoms with Crippen LogP contribution in [-0.4, -0.2) is 89.2 Å². The number of sulfone groups is 1. The fourth-order valence-electron chi connectivity index (χ4n) is 8.56. The van der Waals surface area contributed by atoms with E-state index in [1.165, 1.54) is 77.1 Å². The molecule has 8 rings (SSSR count). The molecule has 21 heteroatoms. The minimum absolute atomic E-state index is 0.0894. The van der Waals surface area contributed by atoms with E-state index in [1.807, 2.05) is 0 Å². The Morgan fingerprint density at radius 3 is 1.96 bits per heavy atom. The number of piperidine rings is 1. The Kier molecular flexibility index (Phi) is 12.3. The van der Waals surface area contributed by atoms with Crippen LogP contribution in [0.5, 0.6) is 40.2 Å². The number of rotatable bonds is 13. The zero-order valence-electron chi connectivity index (χ0n) is 35.0. The molecule has 1 spiro atoms. The number of hydrogen-bond acceptors (Lipinski definition) is 14. The maximum absolute atomic E-state index is 14.0. The highest BCUT2D eigenvalue weighted by Crippen LogP contribution is 2.57. The number of nitrogens with two attached hydrogens (primary N) is 1. The molecule has 0 radical (unpaired) electrons. The van der Waals surface area contributed by atoms with Gasteiger partial charge in [0.2, 0.25) is 5.91 Å². The predicted molar refractivity (Wildman–Crippen MR) is 227 cm³/mol. The summed E-state index contributed by atoms with van der Waals surface area (Å²) in [7, 11) is -4.50. The van der Waals surface area contributed by atoms with Crippen LogP contribution >= 0.6 is 0 Å². The van der Waals surface area contributed by atoms with Gasteiger partial charge in [-0.3, -0.25) is 19.6 Å². The highest BCUT2D eigenvalue weighted by atomic mass is 32.2. The summed E-state index contributed by atoms with van der Waals surface area (Å²) in [6.45, 7) is -0.169. The largest absolute Gasteiger partial charge is 0.573 e. The molecule has 1 fully saturated rings. The van der Waals surface area contributed by atoms with Gasteiger partial charge in [-0.05, 0) is 117 Å². The van der Waals surface area contributed by atoms with Crippen LogP contribution in [0, 0.1) is 0 Å². The molecular formula is C46H41F3N4O13S. The number of benzene rings is 5. The predicted octanol–water partition coefficient (Wildman–Crippen LogP) is 5.92. The van der Waals surface area contributed by atoms with Crippen molar-refractivity contribution < 1.29 is 75.1 Å². The number of phenols is 2. The van der Waals surface area contributed by atoms with Crippen LogP contribution in [-0.2, 0) is 29.8 Å². The van der Waals surface area contributed by atoms with E-state index in [0.29, 0.717) is 29.5 Å². The van der Waals surface area contributed by atoms with Crippen LogP contribution in [0.25, 0.3) is 0 Å². The number of ether oxygens (including phenoxy) is 4. The lowest BCUT2D eigenvalue weighted by molar-refractivity contribution is -0.274. The molecule has 0 aliphatic carbocycles. The minimum Gasteiger partial charge on any atom is -0.508 e. The molecule has 7 N–H and O–H groups in total. The Balaban J connectivity index is 0.839. The number of amides is 3. The number of carbonyl (C=O) groups is 4. The smallest absolute Gasteiger partial charge is 0.508 e. The molecule has 3 aliphatic heterocycles. The third-order valence-corrected chi connectivity index (χ3v) is 14.4. The summed E-state index contributed by atoms with van der Waals surface area (Å²) in [4.78, 5) is 54.2. The summed E-state index contributed by atoms with van der Waals surface area (Å²) in [5, 5.41) is 32.7. The quantitative estimate of drug-likeness (QED) is 0.0347. The van der Waals surface area contributed by atoms with Crippen molar-refractivity contribution in [1.82, 2.24) is 15.7 Å². The fraction of sp³-hybridized carbons (Fsp3) is 0.261. The van der Waals surface area contributed by atoms with E-state index in [2.05, 4.69) is 10.1 Å². The second kappa shape index (κ2) is 17.8. The van der Waals surface area contributed by atoms with Crippen molar-refractivity contribution in [1.29, 1.82) is 0 Å². The van der Waals surface area contributed by atoms with Crippen molar-refractivity contribution in [3.63, 3.8) is 0 Å². The molecule has 5 aromatic carbocycles. The molecular weight excluding hydrogens is 906 g/mol. The van der Waals surface area contributed by atoms with Gasteiger partial charge in [0.1, 0.15) is 40.2 Å². The van der Waals surface area contributed by atoms with Gasteiger partial charge in [-0.2, -0.15) is 0 Å². The van der Waals surface area contributed by atoms with Crippen LogP contribution in [0.2, 0.25) is 0 Å². The Hall–Kier alpha value is -7.36. The first-order chi connectivity index (χ1) is 31.8. The van der Waals surface area contributed by atoms with Gasteiger partial charge >= 0.3 is 12.3 Å². The van der Waals surface area contributed by atoms with E-state index in [0.717, 1.165) is 12.1 Å². The van der Waals surface area contributed by atoms with E-state index in [4.69, 9.17) is 19.9 Å². The summed E-state index contributed by atoms with van der Waals surface area (Å²) in [5.74, 6) is -2.80. The Morgan fingerprint density at radius 1 is 0.806 bits per heavy atom. The number of alkyl halides is 3. The summed E-state index contributed by atoms with van der Waals surface area (Å²) >= 11 is 0. The zero-order chi connectivity index (χ0) is 47.9. The lowest BCUT2D eigenvalue weighted by atomic mass is 9.77. The molecule has 0 unspecified atom stereocenters. The van der Waals surface area contributed by atoms with Gasteiger partial charge in [-0.15, -0.1) is 13.2 Å². The van der Waals surface area contributed by atoms with Gasteiger partial charge in [0.05, 0.1) is 16.5 Å². The molecule has 3 amide bonds. The third kappa shape index (κ3) is 8.75. The number of aromatic hydroxyl groups is 2. The number of fused-ring (bicyclic) bond motifs is 6. The highest BCUT2D eigenvalue weighted by Gasteiger charge is 2.55. The number of unbranched alkanes of at least 4 members (excludes halogenated alkanes) is 1. The van der Waals surface area contributed by atoms with Gasteiger partial charge in [0, 0.05) is 54.0 Å². The van der Waals surface area contributed by atoms with Crippen molar-refractivity contribution in [3.8, 4) is 40.2 Å². The molecule has 0 aromatic heterocycles. The number of nitrogens with one attached hydrogen (secondary N) is 2. The number of esters is 1. The van der Waals surface area contributed by atoms with Crippen molar-refractivity contribution in [3.05, 3.63) is 131 Å². The van der Waals surface area contributed by atoms with Gasteiger partial charge in [-0.25, -0.2) is 18.7 Å². The summed E-state index contributed by atoms with van der Waals surface area (Å²) in [5.41, 5.74) is 7.84. The van der Waals surface area contributed by atoms with Gasteiger partial charge < -0.3 is 45.1 Å². The normalized spacial score (nSPS) is 16.1. The number of hydrogen-bond donors (Lipinski definition) is 6. The summed E-state index contributed by atoms with van der Waals surface area (Å²) < 4.78 is 84.8. The molecule has 350 valence electrons. The van der Waals surface area contributed by atoms with Crippen molar-refractivity contribution in [2.24, 2.45) is 5.73 Å². The Morgan fingerprint density at radius 2 is 1.37 bits per heavy atom. The lowest BCUT2D eigenvalue weighted by Gasteiger charge is -2.40. The van der Waals surface area contributed by atoms with E-state index in [1.54, 1.807) is 24.3 Å². The van der Waals surface area contributed by atoms with Gasteiger partial charge in [0.15, 0.2) is 20.2 Å². The van der Waals surface area contributed by atoms with Crippen molar-refractivity contribution in [2.75, 3.05) is 19.6 Å². The van der Waals surface area contributed by atoms with Crippen LogP contribution < -0.4 is 30.7 Å². The van der Waals surface area contributed by atoms with Crippen LogP contribution in [0.3, 0.4) is 0 Å². The van der Waals surface area contributed by atoms with Gasteiger partial charge in [-0.1, -0.05) is 6.07 Å². The second-order valence-electron chi connectivity index (χ2n) is 16.0. The van der Waals surface area contributed by atoms with E-state index >= 15 is 0 Å². The zero-order valence-corrected chi connectivity index (χ0v) is 35.9. The van der Waals surface area contributed by atoms with Crippen molar-refractivity contribution >= 4 is 33.5 Å². The average Bonchev–Trinajstić information content (AvgIpc) is 3.59. The topological polar surface area (TPSA) is 253 Å². The maximum atomic E-state index is 14.0. The molecule has 5 aromatic rings. The van der Waals surface area contributed by atoms with E-state index in [-0.39, 0.29) is 89.4 Å². The minimum atomic E-state index is -4.88. The number of likely N-dealkylation sites (tertiary alicyclic amines) is 1. The lowest BCUT2D eigenvalue weighted by Crippen LogP contribution is -2.59. The number of phenolic OH excluding ortho intramolecular Hbond substituents is 2. The summed E-state index contributed by atoms with van der Waals surface area (Å²) in [6, 6.07) is 21.8. The number of nitrogens with zero attached hydrogens (tertiary/aromatic N) is 1. The monoisotopic (exact) mass is 946 g/mol. The van der Waals surface area contributed by atoms with Crippen LogP contribution in [0.4, 0.5) is 13.2 Å². The van der Waals surface area contributed by atoms with Crippen molar-refractivity contribution in [2.45, 2.75) is 59.8 Å². The highest BCUT2D eigenvalue weighted by molar-refractivity contribution is 7.93. The molecule has 3 heterocycles. The first-order valence-electron chi connectivity index (χ1n) is 20.7. The molecule has 67 heavy (non-hydrogen) atoms. The Labute approximate surface area is 379 Å². The number of hydroxylamine groups is 1. The number of carbonyl (C=O) groups excluding carboxylic acids is 4. The maximum Gasteiger partial charge on any atom is 0.573 e. The molecule has 17 nitrogen and oxygen atoms in total. The first kappa shape index (κ1) is 46.2. The average molecular weight is 947 g/mol. The van der Waals surface area contributed by atoms with E-state index in [9.17, 15) is 56.2 Å². The van der Waals surface area contributed by atoms with Crippen LogP contribution in [0.15, 0.2) is 108 Å². The Bertz CT molecular complexity index is 2820. The van der Waals surface area contributed by atoms with E-state index < -0.39 is 62.0 Å². The molecule has 1 saturated heterocycles. The number of halogens is 3. The molecule has 0 saturated carbocycles.